The summed E-state index contributed by atoms with van der Waals surface area (Å²) in [6, 6.07) is 0. The molecule has 4 rings (SSSR count). The molecule has 2 saturated heterocycles. The number of hydrogen-bond acceptors (Lipinski definition) is 4. The van der Waals surface area contributed by atoms with E-state index in [0.29, 0.717) is 18.2 Å². The lowest BCUT2D eigenvalue weighted by atomic mass is 9.74. The van der Waals surface area contributed by atoms with Gasteiger partial charge in [0, 0.05) is 51.8 Å². The van der Waals surface area contributed by atoms with Gasteiger partial charge < -0.3 is 14.9 Å². The van der Waals surface area contributed by atoms with Crippen LogP contribution in [0.2, 0.25) is 0 Å². The maximum Gasteiger partial charge on any atom is 0.490 e. The molecule has 180 valence electrons. The SMILES string of the molecule is CCN1C(=O)CC(c2cnn(C)c2)C12CCN(CC1CCCC1)CC2.O=C(O)C(F)(F)F. The molecule has 0 aromatic carbocycles. The van der Waals surface area contributed by atoms with Crippen molar-refractivity contribution in [3.05, 3.63) is 18.0 Å². The summed E-state index contributed by atoms with van der Waals surface area (Å²) in [7, 11) is 1.97. The number of likely N-dealkylation sites (N-methyl/N-ethyl adjacent to an activating group) is 1. The Labute approximate surface area is 186 Å². The first-order valence-electron chi connectivity index (χ1n) is 11.4. The molecule has 32 heavy (non-hydrogen) atoms. The summed E-state index contributed by atoms with van der Waals surface area (Å²) in [5, 5.41) is 11.5. The van der Waals surface area contributed by atoms with Gasteiger partial charge in [0.05, 0.1) is 11.7 Å². The van der Waals surface area contributed by atoms with Crippen molar-refractivity contribution in [2.75, 3.05) is 26.2 Å². The molecule has 1 spiro atoms. The Hall–Kier alpha value is -2.10. The largest absolute Gasteiger partial charge is 0.490 e. The van der Waals surface area contributed by atoms with Gasteiger partial charge in [-0.2, -0.15) is 18.3 Å². The zero-order chi connectivity index (χ0) is 23.5. The van der Waals surface area contributed by atoms with E-state index in [1.165, 1.54) is 37.8 Å². The number of aliphatic carboxylic acids is 1. The Kier molecular flexibility index (Phi) is 7.52. The number of aryl methyl sites for hydroxylation is 1. The molecule has 1 saturated carbocycles. The van der Waals surface area contributed by atoms with Crippen LogP contribution in [0, 0.1) is 5.92 Å². The van der Waals surface area contributed by atoms with Gasteiger partial charge in [-0.25, -0.2) is 4.79 Å². The third-order valence-electron chi connectivity index (χ3n) is 7.26. The molecule has 3 heterocycles. The molecule has 1 unspecified atom stereocenters. The maximum absolute atomic E-state index is 12.7. The molecular weight excluding hydrogens is 425 g/mol. The molecule has 1 atom stereocenters. The normalized spacial score (nSPS) is 24.1. The molecule has 3 fully saturated rings. The van der Waals surface area contributed by atoms with Crippen LogP contribution in [0.3, 0.4) is 0 Å². The van der Waals surface area contributed by atoms with Gasteiger partial charge in [-0.1, -0.05) is 12.8 Å². The molecule has 0 radical (unpaired) electrons. The average Bonchev–Trinajstić information content (AvgIpc) is 3.44. The predicted octanol–water partition coefficient (Wildman–Crippen LogP) is 3.41. The fraction of sp³-hybridized carbons (Fsp3) is 0.773. The highest BCUT2D eigenvalue weighted by Crippen LogP contribution is 2.48. The summed E-state index contributed by atoms with van der Waals surface area (Å²) in [6.07, 6.45) is 7.56. The van der Waals surface area contributed by atoms with E-state index in [9.17, 15) is 18.0 Å². The van der Waals surface area contributed by atoms with Gasteiger partial charge >= 0.3 is 12.1 Å². The van der Waals surface area contributed by atoms with Crippen LogP contribution in [0.15, 0.2) is 12.4 Å². The lowest BCUT2D eigenvalue weighted by Gasteiger charge is -2.48. The van der Waals surface area contributed by atoms with Crippen molar-refractivity contribution in [3.63, 3.8) is 0 Å². The Balaban J connectivity index is 0.000000360. The number of carboxylic acids is 1. The Morgan fingerprint density at radius 3 is 2.31 bits per heavy atom. The van der Waals surface area contributed by atoms with Crippen LogP contribution in [0.5, 0.6) is 0 Å². The summed E-state index contributed by atoms with van der Waals surface area (Å²) in [4.78, 5) is 26.5. The first kappa shape index (κ1) is 24.5. The smallest absolute Gasteiger partial charge is 0.475 e. The number of rotatable bonds is 4. The summed E-state index contributed by atoms with van der Waals surface area (Å²) < 4.78 is 33.6. The van der Waals surface area contributed by atoms with E-state index in [4.69, 9.17) is 9.90 Å². The van der Waals surface area contributed by atoms with E-state index < -0.39 is 12.1 Å². The second-order valence-corrected chi connectivity index (χ2v) is 9.20. The highest BCUT2D eigenvalue weighted by Gasteiger charge is 2.53. The summed E-state index contributed by atoms with van der Waals surface area (Å²) in [5.41, 5.74) is 1.26. The third-order valence-corrected chi connectivity index (χ3v) is 7.26. The van der Waals surface area contributed by atoms with Crippen LogP contribution >= 0.6 is 0 Å². The van der Waals surface area contributed by atoms with Crippen LogP contribution < -0.4 is 0 Å². The quantitative estimate of drug-likeness (QED) is 0.748. The van der Waals surface area contributed by atoms with Crippen molar-refractivity contribution < 1.29 is 27.9 Å². The number of piperidine rings is 1. The minimum absolute atomic E-state index is 0.0149. The van der Waals surface area contributed by atoms with Gasteiger partial charge in [0.15, 0.2) is 0 Å². The van der Waals surface area contributed by atoms with Gasteiger partial charge in [-0.3, -0.25) is 9.48 Å². The van der Waals surface area contributed by atoms with E-state index in [0.717, 1.165) is 38.4 Å². The summed E-state index contributed by atoms with van der Waals surface area (Å²) in [5.74, 6) is -1.20. The fourth-order valence-electron chi connectivity index (χ4n) is 5.75. The van der Waals surface area contributed by atoms with Crippen LogP contribution in [0.25, 0.3) is 0 Å². The van der Waals surface area contributed by atoms with Crippen LogP contribution in [-0.4, -0.2) is 74.5 Å². The molecule has 1 N–H and O–H groups in total. The highest BCUT2D eigenvalue weighted by atomic mass is 19.4. The van der Waals surface area contributed by atoms with Crippen LogP contribution in [0.4, 0.5) is 13.2 Å². The van der Waals surface area contributed by atoms with Gasteiger partial charge in [-0.05, 0) is 44.1 Å². The van der Waals surface area contributed by atoms with E-state index in [1.54, 1.807) is 0 Å². The maximum atomic E-state index is 12.7. The molecule has 1 amide bonds. The number of aromatic nitrogens is 2. The lowest BCUT2D eigenvalue weighted by molar-refractivity contribution is -0.192. The van der Waals surface area contributed by atoms with Crippen molar-refractivity contribution >= 4 is 11.9 Å². The molecule has 1 aromatic heterocycles. The lowest BCUT2D eigenvalue weighted by Crippen LogP contribution is -2.55. The summed E-state index contributed by atoms with van der Waals surface area (Å²) >= 11 is 0. The van der Waals surface area contributed by atoms with Crippen LogP contribution in [-0.2, 0) is 16.6 Å². The molecule has 10 heteroatoms. The van der Waals surface area contributed by atoms with Gasteiger partial charge in [0.2, 0.25) is 5.91 Å². The number of nitrogens with zero attached hydrogens (tertiary/aromatic N) is 4. The first-order chi connectivity index (χ1) is 15.1. The number of alkyl halides is 3. The van der Waals surface area contributed by atoms with Crippen molar-refractivity contribution in [1.29, 1.82) is 0 Å². The number of amides is 1. The van der Waals surface area contributed by atoms with Crippen molar-refractivity contribution in [2.45, 2.75) is 69.5 Å². The minimum atomic E-state index is -5.08. The molecule has 7 nitrogen and oxygen atoms in total. The zero-order valence-electron chi connectivity index (χ0n) is 18.8. The van der Waals surface area contributed by atoms with Crippen LogP contribution in [0.1, 0.15) is 63.4 Å². The predicted molar refractivity (Wildman–Crippen MR) is 112 cm³/mol. The topological polar surface area (TPSA) is 78.7 Å². The van der Waals surface area contributed by atoms with Crippen molar-refractivity contribution in [3.8, 4) is 0 Å². The molecular formula is C22H33F3N4O3. The third kappa shape index (κ3) is 5.27. The monoisotopic (exact) mass is 458 g/mol. The molecule has 1 aromatic rings. The molecule has 1 aliphatic carbocycles. The standard InChI is InChI=1S/C20H32N4O.C2HF3O2/c1-3-24-19(25)12-18(17-13-21-22(2)15-17)20(24)8-10-23(11-9-20)14-16-6-4-5-7-16;3-2(4,5)1(6)7/h13,15-16,18H,3-12,14H2,1-2H3;(H,6,7). The van der Waals surface area contributed by atoms with Gasteiger partial charge in [-0.15, -0.1) is 0 Å². The summed E-state index contributed by atoms with van der Waals surface area (Å²) in [6.45, 7) is 6.51. The van der Waals surface area contributed by atoms with E-state index in [2.05, 4.69) is 28.0 Å². The molecule has 0 bridgehead atoms. The first-order valence-corrected chi connectivity index (χ1v) is 11.4. The fourth-order valence-corrected chi connectivity index (χ4v) is 5.75. The second-order valence-electron chi connectivity index (χ2n) is 9.20. The minimum Gasteiger partial charge on any atom is -0.475 e. The van der Waals surface area contributed by atoms with Gasteiger partial charge in [0.1, 0.15) is 0 Å². The number of hydrogen-bond donors (Lipinski definition) is 1. The average molecular weight is 459 g/mol. The number of likely N-dealkylation sites (tertiary alicyclic amines) is 2. The number of carboxylic acid groups (broad SMARTS) is 1. The highest BCUT2D eigenvalue weighted by molar-refractivity contribution is 5.81. The zero-order valence-corrected chi connectivity index (χ0v) is 18.8. The Bertz CT molecular complexity index is 797. The van der Waals surface area contributed by atoms with Gasteiger partial charge in [0.25, 0.3) is 0 Å². The van der Waals surface area contributed by atoms with Crippen molar-refractivity contribution in [1.82, 2.24) is 19.6 Å². The Morgan fingerprint density at radius 2 is 1.84 bits per heavy atom. The van der Waals surface area contributed by atoms with E-state index in [1.807, 2.05) is 17.9 Å². The number of halogens is 3. The van der Waals surface area contributed by atoms with E-state index >= 15 is 0 Å². The molecule has 2 aliphatic heterocycles. The molecule has 3 aliphatic rings. The number of carbonyl (C=O) groups excluding carboxylic acids is 1. The second kappa shape index (κ2) is 9.80. The van der Waals surface area contributed by atoms with Crippen molar-refractivity contribution in [2.24, 2.45) is 13.0 Å². The number of carbonyl (C=O) groups is 2. The van der Waals surface area contributed by atoms with E-state index in [-0.39, 0.29) is 5.54 Å². The Morgan fingerprint density at radius 1 is 1.25 bits per heavy atom.